The normalized spacial score (nSPS) is 22.5. The summed E-state index contributed by atoms with van der Waals surface area (Å²) in [6.45, 7) is 2.84. The Bertz CT molecular complexity index is 452. The molecule has 8 heteroatoms. The molecule has 0 amide bonds. The van der Waals surface area contributed by atoms with Gasteiger partial charge in [0.1, 0.15) is 9.84 Å². The van der Waals surface area contributed by atoms with E-state index in [1.54, 1.807) is 13.8 Å². The molecule has 1 heterocycles. The van der Waals surface area contributed by atoms with Crippen LogP contribution in [0, 0.1) is 0 Å². The minimum Gasteiger partial charge on any atom is -0.394 e. The van der Waals surface area contributed by atoms with Gasteiger partial charge in [-0.05, 0) is 26.7 Å². The van der Waals surface area contributed by atoms with Gasteiger partial charge in [-0.15, -0.1) is 0 Å². The molecule has 0 aromatic carbocycles. The first-order chi connectivity index (χ1) is 7.58. The summed E-state index contributed by atoms with van der Waals surface area (Å²) < 4.78 is 48.7. The molecule has 2 N–H and O–H groups in total. The lowest BCUT2D eigenvalue weighted by atomic mass is 10.1. The average molecular weight is 285 g/mol. The van der Waals surface area contributed by atoms with Gasteiger partial charge < -0.3 is 5.11 Å². The van der Waals surface area contributed by atoms with Gasteiger partial charge in [-0.1, -0.05) is 0 Å². The van der Waals surface area contributed by atoms with Crippen molar-refractivity contribution >= 4 is 19.9 Å². The maximum Gasteiger partial charge on any atom is 0.215 e. The molecule has 17 heavy (non-hydrogen) atoms. The third-order valence-corrected chi connectivity index (χ3v) is 6.66. The molecule has 1 aliphatic heterocycles. The summed E-state index contributed by atoms with van der Waals surface area (Å²) in [7, 11) is -6.64. The average Bonchev–Trinajstić information content (AvgIpc) is 2.15. The Morgan fingerprint density at radius 3 is 2.18 bits per heavy atom. The molecule has 102 valence electrons. The van der Waals surface area contributed by atoms with E-state index in [4.69, 9.17) is 5.11 Å². The minimum absolute atomic E-state index is 0.0852. The lowest BCUT2D eigenvalue weighted by Crippen LogP contribution is -2.51. The van der Waals surface area contributed by atoms with Crippen LogP contribution in [0.1, 0.15) is 26.7 Å². The number of sulfone groups is 1. The Morgan fingerprint density at radius 2 is 1.76 bits per heavy atom. The van der Waals surface area contributed by atoms with Gasteiger partial charge in [0.2, 0.25) is 10.0 Å². The van der Waals surface area contributed by atoms with E-state index in [9.17, 15) is 16.8 Å². The highest BCUT2D eigenvalue weighted by Gasteiger charge is 2.35. The molecular formula is C9H19NO5S2. The van der Waals surface area contributed by atoms with E-state index in [2.05, 4.69) is 4.72 Å². The van der Waals surface area contributed by atoms with Crippen LogP contribution in [0.5, 0.6) is 0 Å². The maximum atomic E-state index is 12.0. The summed E-state index contributed by atoms with van der Waals surface area (Å²) in [5.74, 6) is -0.170. The molecule has 0 atom stereocenters. The Hall–Kier alpha value is -0.180. The van der Waals surface area contributed by atoms with E-state index in [0.29, 0.717) is 0 Å². The zero-order valence-electron chi connectivity index (χ0n) is 10.0. The van der Waals surface area contributed by atoms with Gasteiger partial charge in [0.25, 0.3) is 0 Å². The highest BCUT2D eigenvalue weighted by Crippen LogP contribution is 2.20. The summed E-state index contributed by atoms with van der Waals surface area (Å²) in [5.41, 5.74) is -0.921. The Morgan fingerprint density at radius 1 is 1.29 bits per heavy atom. The summed E-state index contributed by atoms with van der Waals surface area (Å²) >= 11 is 0. The molecular weight excluding hydrogens is 266 g/mol. The van der Waals surface area contributed by atoms with Crippen molar-refractivity contribution in [2.75, 3.05) is 18.1 Å². The van der Waals surface area contributed by atoms with Crippen LogP contribution in [0.3, 0.4) is 0 Å². The number of aliphatic hydroxyl groups excluding tert-OH is 1. The second kappa shape index (κ2) is 4.83. The molecule has 1 saturated heterocycles. The second-order valence-corrected chi connectivity index (χ2v) is 9.30. The molecule has 1 rings (SSSR count). The fraction of sp³-hybridized carbons (Fsp3) is 1.00. The summed E-state index contributed by atoms with van der Waals surface area (Å²) in [5, 5.41) is 8.33. The molecule has 0 unspecified atom stereocenters. The van der Waals surface area contributed by atoms with Crippen LogP contribution in [-0.4, -0.2) is 50.8 Å². The summed E-state index contributed by atoms with van der Waals surface area (Å²) in [4.78, 5) is 0. The molecule has 6 nitrogen and oxygen atoms in total. The number of aliphatic hydroxyl groups is 1. The predicted octanol–water partition coefficient (Wildman–Crippen LogP) is -0.746. The van der Waals surface area contributed by atoms with Crippen molar-refractivity contribution in [1.29, 1.82) is 0 Å². The highest BCUT2D eigenvalue weighted by molar-refractivity contribution is 7.92. The molecule has 1 aliphatic rings. The van der Waals surface area contributed by atoms with Crippen molar-refractivity contribution in [3.63, 3.8) is 0 Å². The molecule has 0 radical (unpaired) electrons. The number of hydrogen-bond acceptors (Lipinski definition) is 5. The van der Waals surface area contributed by atoms with Gasteiger partial charge in [0.05, 0.1) is 28.9 Å². The van der Waals surface area contributed by atoms with E-state index in [1.807, 2.05) is 0 Å². The Labute approximate surface area is 102 Å². The number of nitrogens with one attached hydrogen (secondary N) is 1. The van der Waals surface area contributed by atoms with Gasteiger partial charge in [0.15, 0.2) is 0 Å². The SMILES string of the molecule is CC(C)(CO)NS(=O)(=O)C1CCS(=O)(=O)CC1. The van der Waals surface area contributed by atoms with E-state index >= 15 is 0 Å². The van der Waals surface area contributed by atoms with Crippen molar-refractivity contribution in [3.05, 3.63) is 0 Å². The van der Waals surface area contributed by atoms with Crippen LogP contribution < -0.4 is 4.72 Å². The minimum atomic E-state index is -3.58. The van der Waals surface area contributed by atoms with Gasteiger partial charge in [-0.25, -0.2) is 21.6 Å². The van der Waals surface area contributed by atoms with Crippen LogP contribution in [0.2, 0.25) is 0 Å². The molecule has 0 aromatic heterocycles. The molecule has 0 aliphatic carbocycles. The molecule has 0 saturated carbocycles. The summed E-state index contributed by atoms with van der Waals surface area (Å²) in [6.07, 6.45) is 0.248. The fourth-order valence-corrected chi connectivity index (χ4v) is 5.33. The van der Waals surface area contributed by atoms with Crippen molar-refractivity contribution in [2.24, 2.45) is 0 Å². The first kappa shape index (κ1) is 14.9. The standard InChI is InChI=1S/C9H19NO5S2/c1-9(2,7-11)10-17(14,15)8-3-5-16(12,13)6-4-8/h8,10-11H,3-7H2,1-2H3. The van der Waals surface area contributed by atoms with Gasteiger partial charge in [-0.3, -0.25) is 0 Å². The van der Waals surface area contributed by atoms with Gasteiger partial charge >= 0.3 is 0 Å². The monoisotopic (exact) mass is 285 g/mol. The first-order valence-corrected chi connectivity index (χ1v) is 8.79. The van der Waals surface area contributed by atoms with Crippen LogP contribution in [0.25, 0.3) is 0 Å². The van der Waals surface area contributed by atoms with E-state index in [1.165, 1.54) is 0 Å². The van der Waals surface area contributed by atoms with E-state index < -0.39 is 30.6 Å². The van der Waals surface area contributed by atoms with Crippen molar-refractivity contribution in [1.82, 2.24) is 4.72 Å². The Kier molecular flexibility index (Phi) is 4.23. The summed E-state index contributed by atoms with van der Waals surface area (Å²) in [6, 6.07) is 0. The zero-order chi connectivity index (χ0) is 13.3. The van der Waals surface area contributed by atoms with Crippen molar-refractivity contribution < 1.29 is 21.9 Å². The smallest absolute Gasteiger partial charge is 0.215 e. The highest BCUT2D eigenvalue weighted by atomic mass is 32.2. The fourth-order valence-electron chi connectivity index (χ4n) is 1.68. The lowest BCUT2D eigenvalue weighted by Gasteiger charge is -2.28. The van der Waals surface area contributed by atoms with Gasteiger partial charge in [0, 0.05) is 0 Å². The third-order valence-electron chi connectivity index (χ3n) is 2.75. The third kappa shape index (κ3) is 4.20. The quantitative estimate of drug-likeness (QED) is 0.708. The van der Waals surface area contributed by atoms with Crippen LogP contribution in [0.15, 0.2) is 0 Å². The lowest BCUT2D eigenvalue weighted by molar-refractivity contribution is 0.208. The molecule has 0 bridgehead atoms. The van der Waals surface area contributed by atoms with Gasteiger partial charge in [-0.2, -0.15) is 0 Å². The number of hydrogen-bond donors (Lipinski definition) is 2. The first-order valence-electron chi connectivity index (χ1n) is 5.42. The Balaban J connectivity index is 2.74. The van der Waals surface area contributed by atoms with E-state index in [-0.39, 0.29) is 31.0 Å². The van der Waals surface area contributed by atoms with Crippen LogP contribution in [-0.2, 0) is 19.9 Å². The topological polar surface area (TPSA) is 101 Å². The van der Waals surface area contributed by atoms with Crippen molar-refractivity contribution in [3.8, 4) is 0 Å². The maximum absolute atomic E-state index is 12.0. The van der Waals surface area contributed by atoms with E-state index in [0.717, 1.165) is 0 Å². The predicted molar refractivity (Wildman–Crippen MR) is 64.9 cm³/mol. The zero-order valence-corrected chi connectivity index (χ0v) is 11.6. The molecule has 0 spiro atoms. The second-order valence-electron chi connectivity index (χ2n) is 5.04. The largest absolute Gasteiger partial charge is 0.394 e. The number of rotatable bonds is 4. The number of sulfonamides is 1. The van der Waals surface area contributed by atoms with Crippen LogP contribution in [0.4, 0.5) is 0 Å². The molecule has 1 fully saturated rings. The molecule has 0 aromatic rings. The van der Waals surface area contributed by atoms with Crippen LogP contribution >= 0.6 is 0 Å². The van der Waals surface area contributed by atoms with Crippen molar-refractivity contribution in [2.45, 2.75) is 37.5 Å².